The van der Waals surface area contributed by atoms with Gasteiger partial charge in [-0.05, 0) is 36.3 Å². The normalized spacial score (nSPS) is 13.2. The number of methoxy groups -OCH3 is 1. The van der Waals surface area contributed by atoms with Gasteiger partial charge in [-0.15, -0.1) is 0 Å². The zero-order valence-electron chi connectivity index (χ0n) is 29.7. The number of aromatic nitrogens is 2. The molecule has 1 aromatic heterocycles. The molecular weight excluding hydrogens is 629 g/mol. The minimum Gasteiger partial charge on any atom is -0.501 e. The number of oxime groups is 1. The van der Waals surface area contributed by atoms with Crippen molar-refractivity contribution in [2.75, 3.05) is 46.8 Å². The van der Waals surface area contributed by atoms with Crippen LogP contribution in [0.3, 0.4) is 0 Å². The van der Waals surface area contributed by atoms with Gasteiger partial charge in [-0.3, -0.25) is 4.79 Å². The van der Waals surface area contributed by atoms with Crippen molar-refractivity contribution >= 4 is 28.4 Å². The molecule has 0 aliphatic heterocycles. The molecule has 0 amide bonds. The summed E-state index contributed by atoms with van der Waals surface area (Å²) < 4.78 is 27.3. The summed E-state index contributed by atoms with van der Waals surface area (Å²) in [7, 11) is -2.25. The molecule has 0 aliphatic rings. The summed E-state index contributed by atoms with van der Waals surface area (Å²) in [6.45, 7) is 24.9. The zero-order valence-corrected chi connectivity index (χ0v) is 31.7. The van der Waals surface area contributed by atoms with Gasteiger partial charge < -0.3 is 44.1 Å². The summed E-state index contributed by atoms with van der Waals surface area (Å²) in [5.41, 5.74) is 4.12. The van der Waals surface area contributed by atoms with E-state index in [1.807, 2.05) is 24.3 Å². The van der Waals surface area contributed by atoms with Crippen LogP contribution in [0.4, 0.5) is 0 Å². The predicted octanol–water partition coefficient (Wildman–Crippen LogP) is 5.12. The van der Waals surface area contributed by atoms with Crippen LogP contribution in [-0.2, 0) is 29.5 Å². The van der Waals surface area contributed by atoms with Crippen molar-refractivity contribution < 1.29 is 38.2 Å². The lowest BCUT2D eigenvalue weighted by atomic mass is 10.2. The minimum absolute atomic E-state index is 0.175. The molecule has 13 nitrogen and oxygen atoms in total. The van der Waals surface area contributed by atoms with Gasteiger partial charge in [-0.1, -0.05) is 71.0 Å². The van der Waals surface area contributed by atoms with Crippen molar-refractivity contribution in [1.29, 1.82) is 0 Å². The average molecular weight is 687 g/mol. The standard InChI is InChI=1S/C18H30N2O6Si.C13H28N2O3Si/c1-18(2,3)27(5,6)26-11-8-7-10-25-12-9-13-19-14(17(23)24-4)15(21)16(22)20-13;1-13(2,3)19(4,5)18-10-7-6-9-17-11-8-12(14)15-16/h7-8,21H,9-12H2,1-6H3,(H,19,20,22);6-7,16H,8-11H2,1-5H3,(H2,14,15)/b8-7-;7-6-. The molecule has 0 saturated carbocycles. The number of H-pyrrole nitrogens is 1. The van der Waals surface area contributed by atoms with Gasteiger partial charge in [0.15, 0.2) is 22.3 Å². The molecule has 0 aliphatic carbocycles. The van der Waals surface area contributed by atoms with E-state index < -0.39 is 39.6 Å². The maximum atomic E-state index is 11.6. The first kappa shape index (κ1) is 43.2. The fraction of sp³-hybridized carbons (Fsp3) is 0.677. The van der Waals surface area contributed by atoms with Crippen LogP contribution in [-0.4, -0.2) is 95.5 Å². The summed E-state index contributed by atoms with van der Waals surface area (Å²) in [5.74, 6) is -1.20. The number of ether oxygens (including phenoxy) is 3. The first-order valence-corrected chi connectivity index (χ1v) is 21.1. The van der Waals surface area contributed by atoms with E-state index in [0.29, 0.717) is 46.1 Å². The van der Waals surface area contributed by atoms with E-state index in [1.54, 1.807) is 0 Å². The van der Waals surface area contributed by atoms with Crippen LogP contribution in [0.1, 0.15) is 64.3 Å². The minimum atomic E-state index is -1.74. The summed E-state index contributed by atoms with van der Waals surface area (Å²) >= 11 is 0. The van der Waals surface area contributed by atoms with Crippen molar-refractivity contribution in [2.24, 2.45) is 10.9 Å². The third-order valence-corrected chi connectivity index (χ3v) is 16.9. The van der Waals surface area contributed by atoms with E-state index in [-0.39, 0.29) is 28.2 Å². The van der Waals surface area contributed by atoms with Crippen LogP contribution < -0.4 is 11.3 Å². The number of nitrogens with zero attached hydrogens (tertiary/aromatic N) is 2. The number of hydrogen-bond donors (Lipinski definition) is 4. The Morgan fingerprint density at radius 1 is 0.891 bits per heavy atom. The highest BCUT2D eigenvalue weighted by atomic mass is 28.4. The van der Waals surface area contributed by atoms with Gasteiger partial charge >= 0.3 is 5.97 Å². The topological polar surface area (TPSA) is 188 Å². The Hall–Kier alpha value is -2.83. The maximum Gasteiger partial charge on any atom is 0.360 e. The molecule has 0 bridgehead atoms. The van der Waals surface area contributed by atoms with Crippen molar-refractivity contribution in [1.82, 2.24) is 9.97 Å². The molecule has 0 atom stereocenters. The number of aromatic amines is 1. The van der Waals surface area contributed by atoms with Crippen LogP contribution in [0.15, 0.2) is 34.3 Å². The number of carbonyl (C=O) groups is 1. The van der Waals surface area contributed by atoms with Crippen molar-refractivity contribution in [3.05, 3.63) is 46.2 Å². The Labute approximate surface area is 276 Å². The SMILES string of the molecule is CC(C)(C)[Si](C)(C)OC/C=C\COCC/C(N)=N\O.COC(=O)c1nc(CCOC/C=C\CO[Si](C)(C)C(C)(C)C)[nH]c(=O)c1O. The maximum absolute atomic E-state index is 11.6. The van der Waals surface area contributed by atoms with Crippen LogP contribution in [0, 0.1) is 0 Å². The van der Waals surface area contributed by atoms with Gasteiger partial charge in [0.25, 0.3) is 5.56 Å². The molecule has 46 heavy (non-hydrogen) atoms. The Bertz CT molecular complexity index is 1200. The third kappa shape index (κ3) is 16.7. The third-order valence-electron chi connectivity index (χ3n) is 7.89. The molecule has 0 aromatic carbocycles. The van der Waals surface area contributed by atoms with Crippen molar-refractivity contribution in [3.8, 4) is 5.75 Å². The van der Waals surface area contributed by atoms with Crippen LogP contribution in [0.5, 0.6) is 5.75 Å². The number of rotatable bonds is 17. The van der Waals surface area contributed by atoms with E-state index in [9.17, 15) is 14.7 Å². The van der Waals surface area contributed by atoms with Crippen LogP contribution in [0.2, 0.25) is 36.3 Å². The van der Waals surface area contributed by atoms with Gasteiger partial charge in [0, 0.05) is 12.8 Å². The number of hydrogen-bond acceptors (Lipinski definition) is 11. The Balaban J connectivity index is 0.000000939. The predicted molar refractivity (Wildman–Crippen MR) is 186 cm³/mol. The van der Waals surface area contributed by atoms with E-state index >= 15 is 0 Å². The number of amidine groups is 1. The summed E-state index contributed by atoms with van der Waals surface area (Å²) in [6.07, 6.45) is 8.43. The summed E-state index contributed by atoms with van der Waals surface area (Å²) in [6, 6.07) is 0. The highest BCUT2D eigenvalue weighted by Crippen LogP contribution is 2.37. The fourth-order valence-electron chi connectivity index (χ4n) is 2.79. The average Bonchev–Trinajstić information content (AvgIpc) is 2.95. The molecule has 0 fully saturated rings. The summed E-state index contributed by atoms with van der Waals surface area (Å²) in [4.78, 5) is 29.4. The van der Waals surface area contributed by atoms with Gasteiger partial charge in [-0.25, -0.2) is 9.78 Å². The van der Waals surface area contributed by atoms with Gasteiger partial charge in [0.2, 0.25) is 5.75 Å². The summed E-state index contributed by atoms with van der Waals surface area (Å²) in [5, 5.41) is 21.2. The molecule has 1 rings (SSSR count). The van der Waals surface area contributed by atoms with Crippen LogP contribution >= 0.6 is 0 Å². The molecule has 0 spiro atoms. The molecule has 0 radical (unpaired) electrons. The Kier molecular flexibility index (Phi) is 19.2. The van der Waals surface area contributed by atoms with E-state index in [4.69, 9.17) is 29.3 Å². The monoisotopic (exact) mass is 686 g/mol. The molecule has 5 N–H and O–H groups in total. The quantitative estimate of drug-likeness (QED) is 0.0249. The second-order valence-electron chi connectivity index (χ2n) is 13.5. The molecule has 264 valence electrons. The first-order chi connectivity index (χ1) is 21.2. The molecule has 0 unspecified atom stereocenters. The lowest BCUT2D eigenvalue weighted by molar-refractivity contribution is 0.0589. The highest BCUT2D eigenvalue weighted by Gasteiger charge is 2.37. The molecule has 0 saturated heterocycles. The van der Waals surface area contributed by atoms with E-state index in [0.717, 1.165) is 7.11 Å². The highest BCUT2D eigenvalue weighted by molar-refractivity contribution is 6.74. The number of carbonyl (C=O) groups excluding carboxylic acids is 1. The van der Waals surface area contributed by atoms with Crippen LogP contribution in [0.25, 0.3) is 0 Å². The molecule has 15 heteroatoms. The van der Waals surface area contributed by atoms with E-state index in [2.05, 4.69) is 87.6 Å². The largest absolute Gasteiger partial charge is 0.501 e. The van der Waals surface area contributed by atoms with Crippen molar-refractivity contribution in [3.63, 3.8) is 0 Å². The van der Waals surface area contributed by atoms with Gasteiger partial charge in [0.1, 0.15) is 11.7 Å². The zero-order chi connectivity index (χ0) is 35.6. The molecule has 1 heterocycles. The lowest BCUT2D eigenvalue weighted by Gasteiger charge is -2.35. The number of nitrogens with one attached hydrogen (secondary N) is 1. The number of aromatic hydroxyl groups is 1. The molecular formula is C31H58N4O9Si2. The first-order valence-electron chi connectivity index (χ1n) is 15.3. The smallest absolute Gasteiger partial charge is 0.360 e. The number of esters is 1. The molecule has 1 aromatic rings. The number of nitrogens with two attached hydrogens (primary N) is 1. The second-order valence-corrected chi connectivity index (χ2v) is 23.1. The van der Waals surface area contributed by atoms with Crippen molar-refractivity contribution in [2.45, 2.75) is 90.6 Å². The second kappa shape index (κ2) is 20.4. The van der Waals surface area contributed by atoms with Gasteiger partial charge in [-0.2, -0.15) is 0 Å². The Morgan fingerprint density at radius 2 is 1.35 bits per heavy atom. The van der Waals surface area contributed by atoms with Gasteiger partial charge in [0.05, 0.1) is 46.8 Å². The lowest BCUT2D eigenvalue weighted by Crippen LogP contribution is -2.40. The Morgan fingerprint density at radius 3 is 1.78 bits per heavy atom. The van der Waals surface area contributed by atoms with E-state index in [1.165, 1.54) is 0 Å². The fourth-order valence-corrected chi connectivity index (χ4v) is 4.68.